The molecule has 0 bridgehead atoms. The largest absolute Gasteiger partial charge is 0.285 e. The number of allylic oxidation sites excluding steroid dienone is 2. The van der Waals surface area contributed by atoms with E-state index in [0.29, 0.717) is 0 Å². The van der Waals surface area contributed by atoms with Crippen molar-refractivity contribution in [3.8, 4) is 0 Å². The first-order chi connectivity index (χ1) is 4.06. The molecule has 0 aliphatic rings. The van der Waals surface area contributed by atoms with Gasteiger partial charge in [-0.3, -0.25) is 4.55 Å². The van der Waals surface area contributed by atoms with Crippen molar-refractivity contribution in [1.29, 1.82) is 0 Å². The summed E-state index contributed by atoms with van der Waals surface area (Å²) in [5.41, 5.74) is 0. The molecule has 0 atom stereocenters. The Balaban J connectivity index is 3.78. The fourth-order valence-corrected chi connectivity index (χ4v) is 0.628. The molecular formula is C5H8O3S. The normalized spacial score (nSPS) is 12.1. The van der Waals surface area contributed by atoms with Crippen LogP contribution in [0, 0.1) is 0 Å². The van der Waals surface area contributed by atoms with Gasteiger partial charge in [0.25, 0.3) is 10.1 Å². The molecule has 0 radical (unpaired) electrons. The Morgan fingerprint density at radius 2 is 2.11 bits per heavy atom. The van der Waals surface area contributed by atoms with Crippen LogP contribution in [-0.4, -0.2) is 18.7 Å². The number of hydrogen-bond donors (Lipinski definition) is 1. The molecule has 9 heavy (non-hydrogen) atoms. The molecule has 0 fully saturated rings. The minimum Gasteiger partial charge on any atom is -0.285 e. The zero-order chi connectivity index (χ0) is 7.33. The van der Waals surface area contributed by atoms with E-state index in [9.17, 15) is 8.42 Å². The van der Waals surface area contributed by atoms with Gasteiger partial charge in [-0.15, -0.1) is 0 Å². The lowest BCUT2D eigenvalue weighted by atomic mass is 10.5. The van der Waals surface area contributed by atoms with Gasteiger partial charge in [0.15, 0.2) is 0 Å². The van der Waals surface area contributed by atoms with Gasteiger partial charge in [-0.05, 0) is 0 Å². The van der Waals surface area contributed by atoms with Crippen LogP contribution in [0.2, 0.25) is 0 Å². The molecular weight excluding hydrogens is 140 g/mol. The monoisotopic (exact) mass is 148 g/mol. The molecule has 0 rings (SSSR count). The summed E-state index contributed by atoms with van der Waals surface area (Å²) in [6.45, 7) is 3.32. The molecule has 0 aliphatic carbocycles. The zero-order valence-corrected chi connectivity index (χ0v) is 5.63. The first-order valence-electron chi connectivity index (χ1n) is 2.29. The maximum atomic E-state index is 9.98. The van der Waals surface area contributed by atoms with Gasteiger partial charge in [0.05, 0.1) is 5.75 Å². The van der Waals surface area contributed by atoms with Crippen LogP contribution < -0.4 is 0 Å². The van der Waals surface area contributed by atoms with Crippen molar-refractivity contribution in [2.75, 3.05) is 5.75 Å². The Bertz CT molecular complexity index is 200. The third-order valence-electron chi connectivity index (χ3n) is 0.579. The predicted octanol–water partition coefficient (Wildman–Crippen LogP) is 0.616. The molecule has 0 unspecified atom stereocenters. The average molecular weight is 148 g/mol. The van der Waals surface area contributed by atoms with Gasteiger partial charge in [-0.1, -0.05) is 24.8 Å². The summed E-state index contributed by atoms with van der Waals surface area (Å²) < 4.78 is 28.1. The summed E-state index contributed by atoms with van der Waals surface area (Å²) in [6.07, 6.45) is 4.20. The summed E-state index contributed by atoms with van der Waals surface area (Å²) in [6, 6.07) is 0. The van der Waals surface area contributed by atoms with Gasteiger partial charge in [-0.2, -0.15) is 8.42 Å². The van der Waals surface area contributed by atoms with E-state index < -0.39 is 10.1 Å². The maximum absolute atomic E-state index is 9.98. The Morgan fingerprint density at radius 1 is 1.56 bits per heavy atom. The zero-order valence-electron chi connectivity index (χ0n) is 4.82. The van der Waals surface area contributed by atoms with Gasteiger partial charge in [0, 0.05) is 0 Å². The van der Waals surface area contributed by atoms with Crippen LogP contribution in [0.3, 0.4) is 0 Å². The van der Waals surface area contributed by atoms with Gasteiger partial charge in [0.1, 0.15) is 0 Å². The summed E-state index contributed by atoms with van der Waals surface area (Å²) >= 11 is 0. The molecule has 0 spiro atoms. The van der Waals surface area contributed by atoms with Crippen LogP contribution >= 0.6 is 0 Å². The second-order valence-corrected chi connectivity index (χ2v) is 2.91. The molecule has 0 heterocycles. The summed E-state index contributed by atoms with van der Waals surface area (Å²) in [7, 11) is -3.83. The van der Waals surface area contributed by atoms with Crippen LogP contribution in [0.15, 0.2) is 24.8 Å². The Labute approximate surface area is 54.4 Å². The van der Waals surface area contributed by atoms with Crippen molar-refractivity contribution >= 4 is 10.1 Å². The Kier molecular flexibility index (Phi) is 3.19. The van der Waals surface area contributed by atoms with Crippen LogP contribution in [0.4, 0.5) is 0 Å². The maximum Gasteiger partial charge on any atom is 0.268 e. The molecule has 52 valence electrons. The van der Waals surface area contributed by atoms with Crippen LogP contribution in [0.25, 0.3) is 0 Å². The molecule has 0 aromatic heterocycles. The fraction of sp³-hybridized carbons (Fsp3) is 0.200. The molecule has 1 N–H and O–H groups in total. The van der Waals surface area contributed by atoms with Gasteiger partial charge >= 0.3 is 0 Å². The second-order valence-electron chi connectivity index (χ2n) is 1.41. The quantitative estimate of drug-likeness (QED) is 0.471. The lowest BCUT2D eigenvalue weighted by molar-refractivity contribution is 0.487. The van der Waals surface area contributed by atoms with Crippen molar-refractivity contribution in [2.45, 2.75) is 0 Å². The molecule has 0 aromatic carbocycles. The number of rotatable bonds is 3. The van der Waals surface area contributed by atoms with E-state index in [0.717, 1.165) is 0 Å². The smallest absolute Gasteiger partial charge is 0.268 e. The SMILES string of the molecule is C=CC=CCS(=O)(=O)O. The molecule has 3 nitrogen and oxygen atoms in total. The molecule has 0 aliphatic heterocycles. The first-order valence-corrected chi connectivity index (χ1v) is 3.90. The van der Waals surface area contributed by atoms with Crippen LogP contribution in [-0.2, 0) is 10.1 Å². The van der Waals surface area contributed by atoms with Gasteiger partial charge in [-0.25, -0.2) is 0 Å². The molecule has 0 saturated carbocycles. The molecule has 0 amide bonds. The van der Waals surface area contributed by atoms with Crippen molar-refractivity contribution in [2.24, 2.45) is 0 Å². The average Bonchev–Trinajstić information content (AvgIpc) is 1.63. The van der Waals surface area contributed by atoms with E-state index in [-0.39, 0.29) is 5.75 Å². The highest BCUT2D eigenvalue weighted by Gasteiger charge is 1.96. The lowest BCUT2D eigenvalue weighted by Gasteiger charge is -1.84. The highest BCUT2D eigenvalue weighted by molar-refractivity contribution is 7.85. The molecule has 4 heteroatoms. The minimum atomic E-state index is -3.83. The third-order valence-corrected chi connectivity index (χ3v) is 1.19. The molecule has 0 saturated heterocycles. The van der Waals surface area contributed by atoms with Crippen LogP contribution in [0.1, 0.15) is 0 Å². The third kappa shape index (κ3) is 7.39. The summed E-state index contributed by atoms with van der Waals surface area (Å²) in [5, 5.41) is 0. The van der Waals surface area contributed by atoms with Crippen molar-refractivity contribution in [3.05, 3.63) is 24.8 Å². The van der Waals surface area contributed by atoms with E-state index in [1.165, 1.54) is 18.2 Å². The Hall–Kier alpha value is -0.610. The van der Waals surface area contributed by atoms with E-state index in [1.807, 2.05) is 0 Å². The highest BCUT2D eigenvalue weighted by atomic mass is 32.2. The highest BCUT2D eigenvalue weighted by Crippen LogP contribution is 1.82. The molecule has 0 aromatic rings. The number of hydrogen-bond acceptors (Lipinski definition) is 2. The first kappa shape index (κ1) is 8.39. The second kappa shape index (κ2) is 3.42. The van der Waals surface area contributed by atoms with E-state index >= 15 is 0 Å². The van der Waals surface area contributed by atoms with E-state index in [2.05, 4.69) is 6.58 Å². The van der Waals surface area contributed by atoms with Crippen molar-refractivity contribution in [1.82, 2.24) is 0 Å². The fourth-order valence-electron chi connectivity index (χ4n) is 0.273. The van der Waals surface area contributed by atoms with E-state index in [1.54, 1.807) is 0 Å². The Morgan fingerprint density at radius 3 is 2.44 bits per heavy atom. The minimum absolute atomic E-state index is 0.348. The predicted molar refractivity (Wildman–Crippen MR) is 35.8 cm³/mol. The van der Waals surface area contributed by atoms with Crippen molar-refractivity contribution in [3.63, 3.8) is 0 Å². The van der Waals surface area contributed by atoms with Gasteiger partial charge in [0.2, 0.25) is 0 Å². The topological polar surface area (TPSA) is 54.4 Å². The van der Waals surface area contributed by atoms with Crippen molar-refractivity contribution < 1.29 is 13.0 Å². The van der Waals surface area contributed by atoms with Crippen LogP contribution in [0.5, 0.6) is 0 Å². The van der Waals surface area contributed by atoms with E-state index in [4.69, 9.17) is 4.55 Å². The summed E-state index contributed by atoms with van der Waals surface area (Å²) in [5.74, 6) is -0.348. The standard InChI is InChI=1S/C5H8O3S/c1-2-3-4-5-9(6,7)8/h2-4H,1,5H2,(H,6,7,8). The lowest BCUT2D eigenvalue weighted by Crippen LogP contribution is -1.99. The summed E-state index contributed by atoms with van der Waals surface area (Å²) in [4.78, 5) is 0. The van der Waals surface area contributed by atoms with Gasteiger partial charge < -0.3 is 0 Å².